The number of ether oxygens (including phenoxy) is 3. The number of nitro benzene ring substituents is 1. The molecule has 0 unspecified atom stereocenters. The van der Waals surface area contributed by atoms with E-state index in [1.165, 1.54) is 17.8 Å². The number of nitro groups is 1. The summed E-state index contributed by atoms with van der Waals surface area (Å²) in [5, 5.41) is 12.8. The molecule has 0 bridgehead atoms. The van der Waals surface area contributed by atoms with Gasteiger partial charge in [0, 0.05) is 12.7 Å². The molecule has 1 aliphatic heterocycles. The average molecular weight is 500 g/mol. The fourth-order valence-electron chi connectivity index (χ4n) is 3.72. The second-order valence-corrected chi connectivity index (χ2v) is 8.39. The van der Waals surface area contributed by atoms with Crippen LogP contribution in [0, 0.1) is 10.1 Å². The molecule has 0 aliphatic carbocycles. The molecular formula is C25H29N3O6S. The first-order valence-corrected chi connectivity index (χ1v) is 12.4. The van der Waals surface area contributed by atoms with Crippen LogP contribution in [0.2, 0.25) is 0 Å². The van der Waals surface area contributed by atoms with Gasteiger partial charge in [-0.15, -0.1) is 0 Å². The number of allylic oxidation sites excluding steroid dienone is 1. The summed E-state index contributed by atoms with van der Waals surface area (Å²) in [6.45, 7) is 6.01. The number of esters is 1. The SMILES string of the molecule is CCOC(=O)C1=C(C)N(C)C(SC)=N[C@H]1c1cc(OCC)c(OCc2ccccc2)cc1[N+](=O)[O-]. The molecule has 1 aliphatic rings. The Kier molecular flexibility index (Phi) is 8.75. The summed E-state index contributed by atoms with van der Waals surface area (Å²) in [5.74, 6) is 0.0127. The van der Waals surface area contributed by atoms with E-state index >= 15 is 0 Å². The Hall–Kier alpha value is -3.53. The highest BCUT2D eigenvalue weighted by Gasteiger charge is 2.37. The summed E-state index contributed by atoms with van der Waals surface area (Å²) in [5.41, 5.74) is 1.78. The Morgan fingerprint density at radius 1 is 1.14 bits per heavy atom. The molecule has 35 heavy (non-hydrogen) atoms. The maximum atomic E-state index is 12.9. The van der Waals surface area contributed by atoms with Gasteiger partial charge in [-0.25, -0.2) is 9.79 Å². The van der Waals surface area contributed by atoms with Crippen molar-refractivity contribution in [3.05, 3.63) is 75.0 Å². The van der Waals surface area contributed by atoms with Crippen LogP contribution < -0.4 is 9.47 Å². The fourth-order valence-corrected chi connectivity index (χ4v) is 4.35. The second kappa shape index (κ2) is 11.7. The highest BCUT2D eigenvalue weighted by molar-refractivity contribution is 8.13. The minimum Gasteiger partial charge on any atom is -0.490 e. The molecule has 0 fully saturated rings. The number of carbonyl (C=O) groups is 1. The monoisotopic (exact) mass is 499 g/mol. The van der Waals surface area contributed by atoms with E-state index in [0.717, 1.165) is 5.56 Å². The summed E-state index contributed by atoms with van der Waals surface area (Å²) >= 11 is 1.38. The zero-order valence-corrected chi connectivity index (χ0v) is 21.3. The van der Waals surface area contributed by atoms with Gasteiger partial charge in [0.25, 0.3) is 5.69 Å². The largest absolute Gasteiger partial charge is 0.490 e. The van der Waals surface area contributed by atoms with Crippen molar-refractivity contribution in [2.75, 3.05) is 26.5 Å². The summed E-state index contributed by atoms with van der Waals surface area (Å²) in [6, 6.07) is 11.4. The van der Waals surface area contributed by atoms with E-state index < -0.39 is 16.9 Å². The van der Waals surface area contributed by atoms with E-state index in [1.54, 1.807) is 31.9 Å². The van der Waals surface area contributed by atoms with Crippen LogP contribution in [-0.4, -0.2) is 47.5 Å². The van der Waals surface area contributed by atoms with E-state index in [-0.39, 0.29) is 35.8 Å². The topological polar surface area (TPSA) is 104 Å². The van der Waals surface area contributed by atoms with Gasteiger partial charge in [-0.2, -0.15) is 0 Å². The van der Waals surface area contributed by atoms with Crippen LogP contribution in [-0.2, 0) is 16.1 Å². The zero-order chi connectivity index (χ0) is 25.5. The van der Waals surface area contributed by atoms with Gasteiger partial charge in [0.15, 0.2) is 16.7 Å². The third kappa shape index (κ3) is 5.76. The van der Waals surface area contributed by atoms with Crippen LogP contribution in [0.5, 0.6) is 11.5 Å². The maximum absolute atomic E-state index is 12.9. The van der Waals surface area contributed by atoms with Crippen LogP contribution in [0.4, 0.5) is 5.69 Å². The van der Waals surface area contributed by atoms with Crippen molar-refractivity contribution in [2.45, 2.75) is 33.4 Å². The molecule has 1 atom stereocenters. The Morgan fingerprint density at radius 2 is 1.83 bits per heavy atom. The van der Waals surface area contributed by atoms with Crippen molar-refractivity contribution < 1.29 is 23.9 Å². The lowest BCUT2D eigenvalue weighted by Crippen LogP contribution is -2.32. The second-order valence-electron chi connectivity index (χ2n) is 7.62. The highest BCUT2D eigenvalue weighted by Crippen LogP contribution is 2.44. The zero-order valence-electron chi connectivity index (χ0n) is 20.4. The van der Waals surface area contributed by atoms with Crippen molar-refractivity contribution in [1.82, 2.24) is 4.90 Å². The lowest BCUT2D eigenvalue weighted by atomic mass is 9.94. The smallest absolute Gasteiger partial charge is 0.338 e. The number of rotatable bonds is 9. The van der Waals surface area contributed by atoms with Gasteiger partial charge in [0.1, 0.15) is 12.6 Å². The Bertz CT molecular complexity index is 1150. The average Bonchev–Trinajstić information content (AvgIpc) is 2.85. The van der Waals surface area contributed by atoms with Gasteiger partial charge in [-0.05, 0) is 38.7 Å². The number of thioether (sulfide) groups is 1. The lowest BCUT2D eigenvalue weighted by Gasteiger charge is -2.31. The first-order valence-electron chi connectivity index (χ1n) is 11.2. The Balaban J connectivity index is 2.15. The number of aliphatic imine (C=N–C) groups is 1. The molecule has 0 aromatic heterocycles. The first-order chi connectivity index (χ1) is 16.8. The van der Waals surface area contributed by atoms with Crippen LogP contribution >= 0.6 is 11.8 Å². The number of amidine groups is 1. The van der Waals surface area contributed by atoms with E-state index in [1.807, 2.05) is 43.5 Å². The minimum atomic E-state index is -0.935. The molecule has 186 valence electrons. The molecular weight excluding hydrogens is 470 g/mol. The van der Waals surface area contributed by atoms with E-state index in [0.29, 0.717) is 23.2 Å². The minimum absolute atomic E-state index is 0.170. The molecule has 0 spiro atoms. The van der Waals surface area contributed by atoms with E-state index in [2.05, 4.69) is 0 Å². The quantitative estimate of drug-likeness (QED) is 0.266. The molecule has 10 heteroatoms. The van der Waals surface area contributed by atoms with Crippen LogP contribution in [0.3, 0.4) is 0 Å². The third-order valence-electron chi connectivity index (χ3n) is 5.49. The predicted molar refractivity (Wildman–Crippen MR) is 136 cm³/mol. The lowest BCUT2D eigenvalue weighted by molar-refractivity contribution is -0.385. The first kappa shape index (κ1) is 26.1. The molecule has 0 saturated heterocycles. The molecule has 1 heterocycles. The molecule has 0 N–H and O–H groups in total. The normalized spacial score (nSPS) is 15.5. The summed E-state index contributed by atoms with van der Waals surface area (Å²) in [6.07, 6.45) is 1.86. The highest BCUT2D eigenvalue weighted by atomic mass is 32.2. The van der Waals surface area contributed by atoms with Gasteiger partial charge >= 0.3 is 5.97 Å². The number of hydrogen-bond donors (Lipinski definition) is 0. The number of carbonyl (C=O) groups excluding carboxylic acids is 1. The molecule has 0 amide bonds. The molecule has 2 aromatic carbocycles. The third-order valence-corrected chi connectivity index (χ3v) is 6.24. The predicted octanol–water partition coefficient (Wildman–Crippen LogP) is 5.12. The number of benzene rings is 2. The van der Waals surface area contributed by atoms with Crippen LogP contribution in [0.1, 0.15) is 37.9 Å². The van der Waals surface area contributed by atoms with Gasteiger partial charge in [-0.1, -0.05) is 42.1 Å². The van der Waals surface area contributed by atoms with Crippen molar-refractivity contribution in [3.63, 3.8) is 0 Å². The fraction of sp³-hybridized carbons (Fsp3) is 0.360. The molecule has 2 aromatic rings. The standard InChI is InChI=1S/C25H29N3O6S/c1-6-32-20-13-18(19(28(30)31)14-21(20)34-15-17-11-9-8-10-12-17)23-22(24(29)33-7-2)16(3)27(4)25(26-23)35-5/h8-14,23H,6-7,15H2,1-5H3/t23-/m0/s1. The van der Waals surface area contributed by atoms with Crippen molar-refractivity contribution in [1.29, 1.82) is 0 Å². The Morgan fingerprint density at radius 3 is 2.43 bits per heavy atom. The van der Waals surface area contributed by atoms with E-state index in [4.69, 9.17) is 19.2 Å². The van der Waals surface area contributed by atoms with E-state index in [9.17, 15) is 14.9 Å². The van der Waals surface area contributed by atoms with Crippen LogP contribution in [0.25, 0.3) is 0 Å². The summed E-state index contributed by atoms with van der Waals surface area (Å²) in [7, 11) is 1.79. The molecule has 3 rings (SSSR count). The summed E-state index contributed by atoms with van der Waals surface area (Å²) in [4.78, 5) is 31.1. The molecule has 0 saturated carbocycles. The van der Waals surface area contributed by atoms with Gasteiger partial charge in [0.2, 0.25) is 0 Å². The van der Waals surface area contributed by atoms with Gasteiger partial charge < -0.3 is 19.1 Å². The maximum Gasteiger partial charge on any atom is 0.338 e. The van der Waals surface area contributed by atoms with Crippen LogP contribution in [0.15, 0.2) is 58.7 Å². The van der Waals surface area contributed by atoms with Crippen molar-refractivity contribution >= 4 is 28.6 Å². The van der Waals surface area contributed by atoms with Crippen molar-refractivity contribution in [2.24, 2.45) is 4.99 Å². The summed E-state index contributed by atoms with van der Waals surface area (Å²) < 4.78 is 17.0. The number of nitrogens with zero attached hydrogens (tertiary/aromatic N) is 3. The number of hydrogen-bond acceptors (Lipinski definition) is 9. The Labute approximate surface area is 208 Å². The molecule has 0 radical (unpaired) electrons. The van der Waals surface area contributed by atoms with Gasteiger partial charge in [-0.3, -0.25) is 10.1 Å². The van der Waals surface area contributed by atoms with Crippen molar-refractivity contribution in [3.8, 4) is 11.5 Å². The van der Waals surface area contributed by atoms with Gasteiger partial charge in [0.05, 0.1) is 35.3 Å². The molecule has 9 nitrogen and oxygen atoms in total.